The fraction of sp³-hybridized carbons (Fsp3) is 1.00. The monoisotopic (exact) mass is 317 g/mol. The zero-order chi connectivity index (χ0) is 15.5. The lowest BCUT2D eigenvalue weighted by molar-refractivity contribution is -0.0557. The molecular weight excluding hydrogens is 286 g/mol. The van der Waals surface area contributed by atoms with E-state index in [0.717, 1.165) is 45.1 Å². The van der Waals surface area contributed by atoms with Crippen LogP contribution in [0.4, 0.5) is 0 Å². The van der Waals surface area contributed by atoms with Crippen LogP contribution >= 0.6 is 0 Å². The van der Waals surface area contributed by atoms with Crippen LogP contribution < -0.4 is 5.32 Å². The molecule has 0 aliphatic heterocycles. The minimum Gasteiger partial charge on any atom is -0.377 e. The molecule has 3 atom stereocenters. The Labute approximate surface area is 129 Å². The van der Waals surface area contributed by atoms with Crippen molar-refractivity contribution in [3.8, 4) is 0 Å². The highest BCUT2D eigenvalue weighted by molar-refractivity contribution is 7.91. The summed E-state index contributed by atoms with van der Waals surface area (Å²) in [5.41, 5.74) is -0.0833. The summed E-state index contributed by atoms with van der Waals surface area (Å²) in [4.78, 5) is 0. The van der Waals surface area contributed by atoms with Gasteiger partial charge in [-0.05, 0) is 44.6 Å². The number of hydrogen-bond acceptors (Lipinski definition) is 4. The molecule has 2 fully saturated rings. The molecule has 0 aromatic rings. The van der Waals surface area contributed by atoms with E-state index < -0.39 is 9.84 Å². The Morgan fingerprint density at radius 1 is 1.24 bits per heavy atom. The first-order valence-corrected chi connectivity index (χ1v) is 10.4. The number of rotatable bonds is 6. The standard InChI is InChI=1S/C16H31NO3S/c1-4-17-15(16(20-2)10-5-6-11-16)13-8-7-9-14(12-13)21(3,18)19/h13-15,17H,4-12H2,1-3H3. The maximum atomic E-state index is 11.9. The number of methoxy groups -OCH3 is 1. The number of hydrogen-bond donors (Lipinski definition) is 1. The summed E-state index contributed by atoms with van der Waals surface area (Å²) in [6.07, 6.45) is 9.79. The van der Waals surface area contributed by atoms with Crippen molar-refractivity contribution in [2.45, 2.75) is 75.2 Å². The van der Waals surface area contributed by atoms with Gasteiger partial charge in [0.05, 0.1) is 10.9 Å². The second-order valence-corrected chi connectivity index (χ2v) is 9.22. The average Bonchev–Trinajstić information content (AvgIpc) is 2.94. The van der Waals surface area contributed by atoms with Crippen LogP contribution in [0.2, 0.25) is 0 Å². The Bertz CT molecular complexity index is 429. The molecule has 21 heavy (non-hydrogen) atoms. The molecule has 0 heterocycles. The molecule has 3 unspecified atom stereocenters. The van der Waals surface area contributed by atoms with E-state index in [1.54, 1.807) is 0 Å². The van der Waals surface area contributed by atoms with Gasteiger partial charge in [0.1, 0.15) is 9.84 Å². The number of nitrogens with one attached hydrogen (secondary N) is 1. The van der Waals surface area contributed by atoms with Gasteiger partial charge >= 0.3 is 0 Å². The van der Waals surface area contributed by atoms with Crippen molar-refractivity contribution >= 4 is 9.84 Å². The normalized spacial score (nSPS) is 31.2. The van der Waals surface area contributed by atoms with Crippen molar-refractivity contribution < 1.29 is 13.2 Å². The quantitative estimate of drug-likeness (QED) is 0.818. The molecule has 5 heteroatoms. The Morgan fingerprint density at radius 3 is 2.43 bits per heavy atom. The van der Waals surface area contributed by atoms with E-state index in [9.17, 15) is 8.42 Å². The molecule has 0 bridgehead atoms. The van der Waals surface area contributed by atoms with Gasteiger partial charge in [-0.15, -0.1) is 0 Å². The second kappa shape index (κ2) is 6.97. The van der Waals surface area contributed by atoms with E-state index in [1.165, 1.54) is 19.1 Å². The van der Waals surface area contributed by atoms with Crippen LogP contribution in [-0.2, 0) is 14.6 Å². The molecule has 2 aliphatic carbocycles. The van der Waals surface area contributed by atoms with E-state index in [-0.39, 0.29) is 10.9 Å². The molecule has 0 amide bonds. The maximum Gasteiger partial charge on any atom is 0.150 e. The average molecular weight is 317 g/mol. The number of likely N-dealkylation sites (N-methyl/N-ethyl adjacent to an activating group) is 1. The molecule has 0 aromatic heterocycles. The van der Waals surface area contributed by atoms with Crippen molar-refractivity contribution in [1.82, 2.24) is 5.32 Å². The van der Waals surface area contributed by atoms with Gasteiger partial charge in [0.2, 0.25) is 0 Å². The summed E-state index contributed by atoms with van der Waals surface area (Å²) in [6.45, 7) is 3.04. The molecule has 4 nitrogen and oxygen atoms in total. The summed E-state index contributed by atoms with van der Waals surface area (Å²) < 4.78 is 29.8. The minimum absolute atomic E-state index is 0.0833. The van der Waals surface area contributed by atoms with Gasteiger partial charge in [0.15, 0.2) is 0 Å². The first kappa shape index (κ1) is 17.2. The molecule has 0 saturated heterocycles. The molecule has 2 saturated carbocycles. The lowest BCUT2D eigenvalue weighted by Crippen LogP contribution is -2.56. The van der Waals surface area contributed by atoms with Crippen molar-refractivity contribution in [3.63, 3.8) is 0 Å². The third-order valence-electron chi connectivity index (χ3n) is 5.59. The Morgan fingerprint density at radius 2 is 1.90 bits per heavy atom. The summed E-state index contributed by atoms with van der Waals surface area (Å²) in [6, 6.07) is 0.291. The first-order valence-electron chi connectivity index (χ1n) is 8.40. The SMILES string of the molecule is CCNC(C1CCCC(S(C)(=O)=O)C1)C1(OC)CCCC1. The number of sulfone groups is 1. The molecular formula is C16H31NO3S. The summed E-state index contributed by atoms with van der Waals surface area (Å²) in [7, 11) is -1.10. The zero-order valence-electron chi connectivity index (χ0n) is 13.7. The largest absolute Gasteiger partial charge is 0.377 e. The fourth-order valence-corrected chi connectivity index (χ4v) is 5.68. The molecule has 0 radical (unpaired) electrons. The summed E-state index contributed by atoms with van der Waals surface area (Å²) >= 11 is 0. The van der Waals surface area contributed by atoms with Crippen LogP contribution in [-0.4, -0.2) is 45.2 Å². The highest BCUT2D eigenvalue weighted by Crippen LogP contribution is 2.42. The molecule has 124 valence electrons. The van der Waals surface area contributed by atoms with E-state index >= 15 is 0 Å². The third-order valence-corrected chi connectivity index (χ3v) is 7.23. The van der Waals surface area contributed by atoms with E-state index in [0.29, 0.717) is 12.0 Å². The van der Waals surface area contributed by atoms with Gasteiger partial charge in [-0.2, -0.15) is 0 Å². The Hall–Kier alpha value is -0.130. The van der Waals surface area contributed by atoms with E-state index in [1.807, 2.05) is 7.11 Å². The van der Waals surface area contributed by atoms with Crippen molar-refractivity contribution in [2.75, 3.05) is 19.9 Å². The van der Waals surface area contributed by atoms with Crippen molar-refractivity contribution in [3.05, 3.63) is 0 Å². The van der Waals surface area contributed by atoms with Crippen LogP contribution in [0.25, 0.3) is 0 Å². The van der Waals surface area contributed by atoms with Crippen LogP contribution in [0, 0.1) is 5.92 Å². The van der Waals surface area contributed by atoms with Gasteiger partial charge in [-0.1, -0.05) is 26.2 Å². The maximum absolute atomic E-state index is 11.9. The van der Waals surface area contributed by atoms with Gasteiger partial charge in [-0.25, -0.2) is 8.42 Å². The van der Waals surface area contributed by atoms with Crippen LogP contribution in [0.3, 0.4) is 0 Å². The lowest BCUT2D eigenvalue weighted by Gasteiger charge is -2.44. The topological polar surface area (TPSA) is 55.4 Å². The molecule has 0 spiro atoms. The van der Waals surface area contributed by atoms with Crippen LogP contribution in [0.15, 0.2) is 0 Å². The van der Waals surface area contributed by atoms with Gasteiger partial charge in [0, 0.05) is 19.4 Å². The van der Waals surface area contributed by atoms with Crippen LogP contribution in [0.1, 0.15) is 58.3 Å². The van der Waals surface area contributed by atoms with E-state index in [2.05, 4.69) is 12.2 Å². The summed E-state index contributed by atoms with van der Waals surface area (Å²) in [5.74, 6) is 0.413. The number of ether oxygens (including phenoxy) is 1. The first-order chi connectivity index (χ1) is 9.93. The van der Waals surface area contributed by atoms with Crippen molar-refractivity contribution in [2.24, 2.45) is 5.92 Å². The molecule has 0 aromatic carbocycles. The van der Waals surface area contributed by atoms with Gasteiger partial charge in [0.25, 0.3) is 0 Å². The smallest absolute Gasteiger partial charge is 0.150 e. The van der Waals surface area contributed by atoms with Gasteiger partial charge in [-0.3, -0.25) is 0 Å². The second-order valence-electron chi connectivity index (χ2n) is 6.89. The predicted molar refractivity (Wildman–Crippen MR) is 86.3 cm³/mol. The Balaban J connectivity index is 2.17. The Kier molecular flexibility index (Phi) is 5.71. The van der Waals surface area contributed by atoms with Gasteiger partial charge < -0.3 is 10.1 Å². The third kappa shape index (κ3) is 3.80. The highest BCUT2D eigenvalue weighted by atomic mass is 32.2. The fourth-order valence-electron chi connectivity index (χ4n) is 4.49. The van der Waals surface area contributed by atoms with Crippen LogP contribution in [0.5, 0.6) is 0 Å². The molecule has 2 aliphatic rings. The highest BCUT2D eigenvalue weighted by Gasteiger charge is 2.46. The molecule has 2 rings (SSSR count). The minimum atomic E-state index is -2.93. The van der Waals surface area contributed by atoms with Crippen molar-refractivity contribution in [1.29, 1.82) is 0 Å². The van der Waals surface area contributed by atoms with E-state index in [4.69, 9.17) is 4.74 Å². The zero-order valence-corrected chi connectivity index (χ0v) is 14.5. The summed E-state index contributed by atoms with van der Waals surface area (Å²) in [5, 5.41) is 3.48. The molecule has 1 N–H and O–H groups in total. The predicted octanol–water partition coefficient (Wildman–Crippen LogP) is 2.53. The lowest BCUT2D eigenvalue weighted by atomic mass is 9.75.